The molecule has 2 amide bonds. The minimum atomic E-state index is -0.804. The zero-order valence-corrected chi connectivity index (χ0v) is 16.4. The molecule has 2 atom stereocenters. The lowest BCUT2D eigenvalue weighted by Gasteiger charge is -2.19. The van der Waals surface area contributed by atoms with E-state index in [0.717, 1.165) is 16.9 Å². The Bertz CT molecular complexity index is 760. The highest BCUT2D eigenvalue weighted by molar-refractivity contribution is 5.89. The summed E-state index contributed by atoms with van der Waals surface area (Å²) in [6, 6.07) is 15.8. The van der Waals surface area contributed by atoms with Gasteiger partial charge in [-0.25, -0.2) is 0 Å². The van der Waals surface area contributed by atoms with Crippen LogP contribution in [0.25, 0.3) is 0 Å². The van der Waals surface area contributed by atoms with Crippen molar-refractivity contribution < 1.29 is 14.3 Å². The number of amides is 2. The lowest BCUT2D eigenvalue weighted by atomic mass is 10.0. The van der Waals surface area contributed by atoms with Gasteiger partial charge >= 0.3 is 0 Å². The molecule has 2 aromatic rings. The minimum Gasteiger partial charge on any atom is -0.489 e. The maximum atomic E-state index is 12.2. The van der Waals surface area contributed by atoms with E-state index in [1.807, 2.05) is 68.4 Å². The molecule has 0 fully saturated rings. The van der Waals surface area contributed by atoms with Gasteiger partial charge in [0.1, 0.15) is 18.4 Å². The fourth-order valence-electron chi connectivity index (χ4n) is 2.81. The average Bonchev–Trinajstić information content (AvgIpc) is 2.67. The molecule has 0 saturated carbocycles. The number of nitrogens with two attached hydrogens (primary N) is 2. The predicted molar refractivity (Wildman–Crippen MR) is 109 cm³/mol. The molecule has 0 bridgehead atoms. The number of hydrogen-bond acceptors (Lipinski definition) is 4. The van der Waals surface area contributed by atoms with Crippen molar-refractivity contribution >= 4 is 11.8 Å². The Morgan fingerprint density at radius 1 is 1.00 bits per heavy atom. The Morgan fingerprint density at radius 3 is 2.21 bits per heavy atom. The number of benzene rings is 2. The summed E-state index contributed by atoms with van der Waals surface area (Å²) in [5.41, 5.74) is 13.3. The standard InChI is InChI=1S/C22H29N3O3/c1-15(2)12-19(23)22(27)25-20(21(24)26)13-16-8-10-18(11-9-16)28-14-17-6-4-3-5-7-17/h3-11,15,19-20H,12-14,23H2,1-2H3,(H2,24,26)(H,25,27). The molecule has 0 radical (unpaired) electrons. The van der Waals surface area contributed by atoms with Gasteiger partial charge in [-0.2, -0.15) is 0 Å². The SMILES string of the molecule is CC(C)CC(N)C(=O)NC(Cc1ccc(OCc2ccccc2)cc1)C(N)=O. The summed E-state index contributed by atoms with van der Waals surface area (Å²) < 4.78 is 5.75. The van der Waals surface area contributed by atoms with Crippen LogP contribution >= 0.6 is 0 Å². The molecule has 0 spiro atoms. The van der Waals surface area contributed by atoms with Crippen LogP contribution in [-0.4, -0.2) is 23.9 Å². The molecule has 0 saturated heterocycles. The molecule has 150 valence electrons. The molecule has 28 heavy (non-hydrogen) atoms. The lowest BCUT2D eigenvalue weighted by Crippen LogP contribution is -2.51. The second kappa shape index (κ2) is 10.5. The van der Waals surface area contributed by atoms with Crippen molar-refractivity contribution in [2.75, 3.05) is 0 Å². The topological polar surface area (TPSA) is 107 Å². The van der Waals surface area contributed by atoms with Gasteiger partial charge in [0, 0.05) is 6.42 Å². The van der Waals surface area contributed by atoms with Crippen LogP contribution in [0.2, 0.25) is 0 Å². The monoisotopic (exact) mass is 383 g/mol. The van der Waals surface area contributed by atoms with Crippen molar-refractivity contribution in [1.82, 2.24) is 5.32 Å². The number of rotatable bonds is 10. The third-order valence-corrected chi connectivity index (χ3v) is 4.33. The number of primary amides is 1. The first-order valence-corrected chi connectivity index (χ1v) is 9.46. The van der Waals surface area contributed by atoms with Crippen molar-refractivity contribution in [2.45, 2.75) is 45.4 Å². The molecule has 6 nitrogen and oxygen atoms in total. The molecule has 6 heteroatoms. The fraction of sp³-hybridized carbons (Fsp3) is 0.364. The van der Waals surface area contributed by atoms with Crippen molar-refractivity contribution in [3.63, 3.8) is 0 Å². The van der Waals surface area contributed by atoms with Gasteiger partial charge in [0.25, 0.3) is 0 Å². The van der Waals surface area contributed by atoms with Crippen LogP contribution in [0.4, 0.5) is 0 Å². The van der Waals surface area contributed by atoms with Crippen LogP contribution in [0.3, 0.4) is 0 Å². The number of carbonyl (C=O) groups is 2. The van der Waals surface area contributed by atoms with Crippen molar-refractivity contribution in [3.05, 3.63) is 65.7 Å². The molecule has 5 N–H and O–H groups in total. The van der Waals surface area contributed by atoms with Crippen LogP contribution < -0.4 is 21.5 Å². The van der Waals surface area contributed by atoms with E-state index < -0.39 is 18.0 Å². The maximum absolute atomic E-state index is 12.2. The van der Waals surface area contributed by atoms with Crippen molar-refractivity contribution in [3.8, 4) is 5.75 Å². The highest BCUT2D eigenvalue weighted by Crippen LogP contribution is 2.15. The summed E-state index contributed by atoms with van der Waals surface area (Å²) in [5, 5.41) is 2.66. The highest BCUT2D eigenvalue weighted by atomic mass is 16.5. The summed E-state index contributed by atoms with van der Waals surface area (Å²) >= 11 is 0. The van der Waals surface area contributed by atoms with Crippen LogP contribution in [-0.2, 0) is 22.6 Å². The van der Waals surface area contributed by atoms with E-state index in [9.17, 15) is 9.59 Å². The van der Waals surface area contributed by atoms with Crippen LogP contribution in [0.15, 0.2) is 54.6 Å². The van der Waals surface area contributed by atoms with E-state index in [2.05, 4.69) is 5.32 Å². The molecule has 0 aliphatic carbocycles. The summed E-state index contributed by atoms with van der Waals surface area (Å²) in [4.78, 5) is 23.9. The summed E-state index contributed by atoms with van der Waals surface area (Å²) in [7, 11) is 0. The maximum Gasteiger partial charge on any atom is 0.240 e. The molecule has 0 aliphatic rings. The van der Waals surface area contributed by atoms with Gasteiger partial charge in [-0.3, -0.25) is 9.59 Å². The highest BCUT2D eigenvalue weighted by Gasteiger charge is 2.22. The average molecular weight is 383 g/mol. The lowest BCUT2D eigenvalue weighted by molar-refractivity contribution is -0.128. The van der Waals surface area contributed by atoms with Gasteiger partial charge in [-0.1, -0.05) is 56.3 Å². The molecule has 0 aromatic heterocycles. The zero-order chi connectivity index (χ0) is 20.5. The first-order valence-electron chi connectivity index (χ1n) is 9.46. The molecule has 0 aliphatic heterocycles. The van der Waals surface area contributed by atoms with Crippen molar-refractivity contribution in [1.29, 1.82) is 0 Å². The largest absolute Gasteiger partial charge is 0.489 e. The third kappa shape index (κ3) is 7.04. The Labute approximate surface area is 166 Å². The van der Waals surface area contributed by atoms with E-state index in [1.54, 1.807) is 0 Å². The Kier molecular flexibility index (Phi) is 8.02. The molecule has 2 unspecified atom stereocenters. The van der Waals surface area contributed by atoms with E-state index in [0.29, 0.717) is 19.4 Å². The molecular formula is C22H29N3O3. The van der Waals surface area contributed by atoms with E-state index in [1.165, 1.54) is 0 Å². The fourth-order valence-corrected chi connectivity index (χ4v) is 2.81. The van der Waals surface area contributed by atoms with Gasteiger partial charge in [-0.05, 0) is 35.6 Å². The normalized spacial score (nSPS) is 13.0. The second-order valence-corrected chi connectivity index (χ2v) is 7.32. The van der Waals surface area contributed by atoms with Gasteiger partial charge in [0.05, 0.1) is 6.04 Å². The van der Waals surface area contributed by atoms with Crippen molar-refractivity contribution in [2.24, 2.45) is 17.4 Å². The quantitative estimate of drug-likeness (QED) is 0.584. The number of carbonyl (C=O) groups excluding carboxylic acids is 2. The third-order valence-electron chi connectivity index (χ3n) is 4.33. The Morgan fingerprint density at radius 2 is 1.64 bits per heavy atom. The summed E-state index contributed by atoms with van der Waals surface area (Å²) in [6.45, 7) is 4.45. The number of ether oxygens (including phenoxy) is 1. The van der Waals surface area contributed by atoms with Crippen LogP contribution in [0.1, 0.15) is 31.4 Å². The van der Waals surface area contributed by atoms with E-state index >= 15 is 0 Å². The van der Waals surface area contributed by atoms with E-state index in [4.69, 9.17) is 16.2 Å². The number of hydrogen-bond donors (Lipinski definition) is 3. The Balaban J connectivity index is 1.92. The summed E-state index contributed by atoms with van der Waals surface area (Å²) in [6.07, 6.45) is 0.846. The molecular weight excluding hydrogens is 354 g/mol. The summed E-state index contributed by atoms with van der Waals surface area (Å²) in [5.74, 6) is 0.0669. The van der Waals surface area contributed by atoms with E-state index in [-0.39, 0.29) is 11.8 Å². The zero-order valence-electron chi connectivity index (χ0n) is 16.4. The van der Waals surface area contributed by atoms with Gasteiger partial charge < -0.3 is 21.5 Å². The molecule has 0 heterocycles. The Hall–Kier alpha value is -2.86. The molecule has 2 rings (SSSR count). The first-order chi connectivity index (χ1) is 13.3. The minimum absolute atomic E-state index is 0.288. The van der Waals surface area contributed by atoms with Gasteiger partial charge in [-0.15, -0.1) is 0 Å². The van der Waals surface area contributed by atoms with Gasteiger partial charge in [0.15, 0.2) is 0 Å². The smallest absolute Gasteiger partial charge is 0.240 e. The van der Waals surface area contributed by atoms with Crippen LogP contribution in [0, 0.1) is 5.92 Å². The molecule has 2 aromatic carbocycles. The first kappa shape index (κ1) is 21.4. The second-order valence-electron chi connectivity index (χ2n) is 7.32. The van der Waals surface area contributed by atoms with Crippen LogP contribution in [0.5, 0.6) is 5.75 Å². The van der Waals surface area contributed by atoms with Gasteiger partial charge in [0.2, 0.25) is 11.8 Å². The predicted octanol–water partition coefficient (Wildman–Crippen LogP) is 2.15. The number of nitrogens with one attached hydrogen (secondary N) is 1.